The van der Waals surface area contributed by atoms with E-state index in [1.807, 2.05) is 0 Å². The van der Waals surface area contributed by atoms with Crippen molar-refractivity contribution in [2.75, 3.05) is 43.1 Å². The summed E-state index contributed by atoms with van der Waals surface area (Å²) in [6, 6.07) is 1.25. The number of carboxylic acid groups (broad SMARTS) is 1. The van der Waals surface area contributed by atoms with E-state index in [-0.39, 0.29) is 30.8 Å². The molecule has 0 bridgehead atoms. The van der Waals surface area contributed by atoms with Crippen LogP contribution in [0.15, 0.2) is 12.1 Å². The predicted octanol–water partition coefficient (Wildman–Crippen LogP) is 1.79. The van der Waals surface area contributed by atoms with Crippen LogP contribution in [0.1, 0.15) is 12.8 Å². The number of benzene rings is 1. The lowest BCUT2D eigenvalue weighted by Crippen LogP contribution is -2.37. The first-order chi connectivity index (χ1) is 11.5. The van der Waals surface area contributed by atoms with E-state index in [0.717, 1.165) is 12.1 Å². The molecule has 0 unspecified atom stereocenters. The molecule has 1 heterocycles. The van der Waals surface area contributed by atoms with Gasteiger partial charge in [0, 0.05) is 38.2 Å². The van der Waals surface area contributed by atoms with Gasteiger partial charge in [-0.1, -0.05) is 0 Å². The Bertz CT molecular complexity index is 607. The number of nitrogens with zero attached hydrogens (tertiary/aromatic N) is 1. The molecular weight excluding hydrogens is 324 g/mol. The molecule has 1 aliphatic heterocycles. The van der Waals surface area contributed by atoms with Crippen molar-refractivity contribution in [1.82, 2.24) is 5.32 Å². The van der Waals surface area contributed by atoms with Gasteiger partial charge in [-0.05, 0) is 6.42 Å². The standard InChI is InChI=1S/C15H19F2N3O4/c16-10-9-13(20-4-6-24-7-5-20)11(17)8-12(10)19-15(23)18-3-1-2-14(21)22/h8-9H,1-7H2,(H,21,22)(H2,18,19,23). The number of ether oxygens (including phenoxy) is 1. The summed E-state index contributed by atoms with van der Waals surface area (Å²) < 4.78 is 33.4. The van der Waals surface area contributed by atoms with Crippen LogP contribution < -0.4 is 15.5 Å². The van der Waals surface area contributed by atoms with Crippen molar-refractivity contribution in [2.24, 2.45) is 0 Å². The molecule has 9 heteroatoms. The Morgan fingerprint density at radius 2 is 1.92 bits per heavy atom. The second kappa shape index (κ2) is 8.44. The molecule has 0 atom stereocenters. The fourth-order valence-corrected chi connectivity index (χ4v) is 2.29. The van der Waals surface area contributed by atoms with Gasteiger partial charge < -0.3 is 25.4 Å². The summed E-state index contributed by atoms with van der Waals surface area (Å²) in [5.74, 6) is -2.36. The lowest BCUT2D eigenvalue weighted by Gasteiger charge is -2.29. The van der Waals surface area contributed by atoms with E-state index in [2.05, 4.69) is 10.6 Å². The predicted molar refractivity (Wildman–Crippen MR) is 83.3 cm³/mol. The van der Waals surface area contributed by atoms with Crippen molar-refractivity contribution in [2.45, 2.75) is 12.8 Å². The SMILES string of the molecule is O=C(O)CCCNC(=O)Nc1cc(F)c(N2CCOCC2)cc1F. The number of morpholine rings is 1. The third-order valence-corrected chi connectivity index (χ3v) is 3.49. The molecule has 1 fully saturated rings. The fourth-order valence-electron chi connectivity index (χ4n) is 2.29. The van der Waals surface area contributed by atoms with Crippen LogP contribution in [0, 0.1) is 11.6 Å². The van der Waals surface area contributed by atoms with Crippen molar-refractivity contribution in [3.8, 4) is 0 Å². The Morgan fingerprint density at radius 3 is 2.58 bits per heavy atom. The number of amides is 2. The van der Waals surface area contributed by atoms with E-state index in [0.29, 0.717) is 26.3 Å². The van der Waals surface area contributed by atoms with Crippen molar-refractivity contribution < 1.29 is 28.2 Å². The normalized spacial score (nSPS) is 14.3. The van der Waals surface area contributed by atoms with Gasteiger partial charge in [0.2, 0.25) is 0 Å². The molecule has 2 amide bonds. The first-order valence-corrected chi connectivity index (χ1v) is 7.56. The Kier molecular flexibility index (Phi) is 6.30. The smallest absolute Gasteiger partial charge is 0.319 e. The largest absolute Gasteiger partial charge is 0.481 e. The number of carbonyl (C=O) groups is 2. The first kappa shape index (κ1) is 17.9. The molecule has 7 nitrogen and oxygen atoms in total. The molecule has 1 saturated heterocycles. The number of carboxylic acids is 1. The van der Waals surface area contributed by atoms with Crippen LogP contribution in [0.2, 0.25) is 0 Å². The maximum absolute atomic E-state index is 14.2. The zero-order chi connectivity index (χ0) is 17.5. The summed E-state index contributed by atoms with van der Waals surface area (Å²) in [5.41, 5.74) is -0.150. The van der Waals surface area contributed by atoms with Crippen LogP contribution in [-0.2, 0) is 9.53 Å². The number of rotatable bonds is 6. The van der Waals surface area contributed by atoms with E-state index >= 15 is 0 Å². The number of halogens is 2. The number of urea groups is 1. The van der Waals surface area contributed by atoms with Gasteiger partial charge >= 0.3 is 12.0 Å². The van der Waals surface area contributed by atoms with E-state index in [9.17, 15) is 18.4 Å². The van der Waals surface area contributed by atoms with Crippen molar-refractivity contribution in [3.63, 3.8) is 0 Å². The highest BCUT2D eigenvalue weighted by Crippen LogP contribution is 2.26. The van der Waals surface area contributed by atoms with Gasteiger partial charge in [0.25, 0.3) is 0 Å². The molecule has 1 aromatic rings. The van der Waals surface area contributed by atoms with Gasteiger partial charge in [0.1, 0.15) is 11.6 Å². The van der Waals surface area contributed by atoms with Crippen LogP contribution in [0.5, 0.6) is 0 Å². The quantitative estimate of drug-likeness (QED) is 0.685. The Hall–Kier alpha value is -2.42. The number of nitrogens with one attached hydrogen (secondary N) is 2. The van der Waals surface area contributed by atoms with E-state index in [1.54, 1.807) is 4.90 Å². The monoisotopic (exact) mass is 343 g/mol. The summed E-state index contributed by atoms with van der Waals surface area (Å²) in [6.45, 7) is 1.94. The van der Waals surface area contributed by atoms with E-state index in [4.69, 9.17) is 9.84 Å². The summed E-state index contributed by atoms with van der Waals surface area (Å²) >= 11 is 0. The summed E-state index contributed by atoms with van der Waals surface area (Å²) in [5, 5.41) is 13.1. The molecule has 3 N–H and O–H groups in total. The van der Waals surface area contributed by atoms with Crippen molar-refractivity contribution >= 4 is 23.4 Å². The van der Waals surface area contributed by atoms with Crippen LogP contribution >= 0.6 is 0 Å². The molecule has 0 aliphatic carbocycles. The Labute approximate surface area is 137 Å². The van der Waals surface area contributed by atoms with Crippen LogP contribution in [-0.4, -0.2) is 50.0 Å². The molecule has 0 saturated carbocycles. The van der Waals surface area contributed by atoms with Gasteiger partial charge in [-0.15, -0.1) is 0 Å². The molecule has 0 radical (unpaired) electrons. The topological polar surface area (TPSA) is 90.9 Å². The number of hydrogen-bond acceptors (Lipinski definition) is 4. The second-order valence-corrected chi connectivity index (χ2v) is 5.26. The highest BCUT2D eigenvalue weighted by molar-refractivity contribution is 5.89. The molecule has 132 valence electrons. The minimum absolute atomic E-state index is 0.0858. The van der Waals surface area contributed by atoms with Gasteiger partial charge in [-0.2, -0.15) is 0 Å². The summed E-state index contributed by atoms with van der Waals surface area (Å²) in [6.07, 6.45) is 0.160. The molecular formula is C15H19F2N3O4. The van der Waals surface area contributed by atoms with Crippen molar-refractivity contribution in [3.05, 3.63) is 23.8 Å². The van der Waals surface area contributed by atoms with Crippen LogP contribution in [0.25, 0.3) is 0 Å². The van der Waals surface area contributed by atoms with Crippen molar-refractivity contribution in [1.29, 1.82) is 0 Å². The number of anilines is 2. The third kappa shape index (κ3) is 5.05. The average Bonchev–Trinajstić information content (AvgIpc) is 2.55. The molecule has 24 heavy (non-hydrogen) atoms. The minimum Gasteiger partial charge on any atom is -0.481 e. The lowest BCUT2D eigenvalue weighted by atomic mass is 10.2. The molecule has 1 aliphatic rings. The van der Waals surface area contributed by atoms with Gasteiger partial charge in [0.15, 0.2) is 0 Å². The number of hydrogen-bond donors (Lipinski definition) is 3. The summed E-state index contributed by atoms with van der Waals surface area (Å²) in [4.78, 5) is 23.6. The van der Waals surface area contributed by atoms with Gasteiger partial charge in [0.05, 0.1) is 24.6 Å². The van der Waals surface area contributed by atoms with Crippen LogP contribution in [0.3, 0.4) is 0 Å². The first-order valence-electron chi connectivity index (χ1n) is 7.56. The molecule has 1 aromatic carbocycles. The zero-order valence-electron chi connectivity index (χ0n) is 13.0. The highest BCUT2D eigenvalue weighted by Gasteiger charge is 2.18. The molecule has 0 aromatic heterocycles. The minimum atomic E-state index is -0.968. The average molecular weight is 343 g/mol. The number of aliphatic carboxylic acids is 1. The van der Waals surface area contributed by atoms with Gasteiger partial charge in [-0.3, -0.25) is 4.79 Å². The van der Waals surface area contributed by atoms with Gasteiger partial charge in [-0.25, -0.2) is 13.6 Å². The summed E-state index contributed by atoms with van der Waals surface area (Å²) in [7, 11) is 0. The van der Waals surface area contributed by atoms with E-state index in [1.165, 1.54) is 0 Å². The highest BCUT2D eigenvalue weighted by atomic mass is 19.1. The second-order valence-electron chi connectivity index (χ2n) is 5.26. The molecule has 0 spiro atoms. The maximum atomic E-state index is 14.2. The number of carbonyl (C=O) groups excluding carboxylic acids is 1. The zero-order valence-corrected chi connectivity index (χ0v) is 13.0. The lowest BCUT2D eigenvalue weighted by molar-refractivity contribution is -0.137. The Balaban J connectivity index is 1.94. The van der Waals surface area contributed by atoms with Crippen LogP contribution in [0.4, 0.5) is 25.0 Å². The Morgan fingerprint density at radius 1 is 1.21 bits per heavy atom. The third-order valence-electron chi connectivity index (χ3n) is 3.49. The molecule has 2 rings (SSSR count). The maximum Gasteiger partial charge on any atom is 0.319 e. The van der Waals surface area contributed by atoms with E-state index < -0.39 is 23.6 Å². The fraction of sp³-hybridized carbons (Fsp3) is 0.467.